The first-order valence-corrected chi connectivity index (χ1v) is 10.6. The van der Waals surface area contributed by atoms with Crippen molar-refractivity contribution in [3.05, 3.63) is 52.6 Å². The van der Waals surface area contributed by atoms with Crippen molar-refractivity contribution in [2.75, 3.05) is 9.80 Å². The van der Waals surface area contributed by atoms with Crippen LogP contribution in [0.15, 0.2) is 24.3 Å². The number of pyridine rings is 1. The Morgan fingerprint density at radius 1 is 1.14 bits per heavy atom. The molecule has 1 aromatic carbocycles. The average Bonchev–Trinajstić information content (AvgIpc) is 2.89. The molecule has 0 unspecified atom stereocenters. The quantitative estimate of drug-likeness (QED) is 0.487. The van der Waals surface area contributed by atoms with Gasteiger partial charge in [-0.25, -0.2) is 9.37 Å². The van der Waals surface area contributed by atoms with E-state index in [1.807, 2.05) is 20.8 Å². The SMILES string of the molecule is CC(C)(C)c1ccc(N2C(=S)N(c3ccc(C#N)c(C(F)(F)F)c3F)C(=O)C2(C)C)c(C(N)=O)n1. The van der Waals surface area contributed by atoms with E-state index in [4.69, 9.17) is 23.2 Å². The molecule has 184 valence electrons. The fraction of sp³-hybridized carbons (Fsp3) is 0.348. The Morgan fingerprint density at radius 3 is 2.20 bits per heavy atom. The minimum absolute atomic E-state index is 0.0430. The van der Waals surface area contributed by atoms with E-state index in [1.165, 1.54) is 30.9 Å². The summed E-state index contributed by atoms with van der Waals surface area (Å²) in [5.74, 6) is -3.59. The van der Waals surface area contributed by atoms with Crippen LogP contribution in [0.3, 0.4) is 0 Å². The van der Waals surface area contributed by atoms with Gasteiger partial charge in [-0.1, -0.05) is 20.8 Å². The summed E-state index contributed by atoms with van der Waals surface area (Å²) >= 11 is 5.40. The van der Waals surface area contributed by atoms with Gasteiger partial charge in [0.15, 0.2) is 16.6 Å². The van der Waals surface area contributed by atoms with E-state index < -0.39 is 51.6 Å². The van der Waals surface area contributed by atoms with Crippen LogP contribution in [0.25, 0.3) is 0 Å². The van der Waals surface area contributed by atoms with Crippen molar-refractivity contribution in [2.45, 2.75) is 51.7 Å². The van der Waals surface area contributed by atoms with Gasteiger partial charge in [0.2, 0.25) is 0 Å². The molecule has 1 fully saturated rings. The molecular weight excluding hydrogens is 486 g/mol. The highest BCUT2D eigenvalue weighted by atomic mass is 32.1. The van der Waals surface area contributed by atoms with Gasteiger partial charge in [-0.15, -0.1) is 0 Å². The summed E-state index contributed by atoms with van der Waals surface area (Å²) in [5, 5.41) is 8.64. The summed E-state index contributed by atoms with van der Waals surface area (Å²) in [7, 11) is 0. The van der Waals surface area contributed by atoms with Gasteiger partial charge in [-0.3, -0.25) is 14.5 Å². The van der Waals surface area contributed by atoms with Gasteiger partial charge >= 0.3 is 6.18 Å². The number of hydrogen-bond donors (Lipinski definition) is 1. The van der Waals surface area contributed by atoms with Crippen LogP contribution < -0.4 is 15.5 Å². The van der Waals surface area contributed by atoms with E-state index in [9.17, 15) is 22.8 Å². The smallest absolute Gasteiger partial charge is 0.364 e. The van der Waals surface area contributed by atoms with Crippen LogP contribution in [0, 0.1) is 17.1 Å². The Kier molecular flexibility index (Phi) is 6.15. The largest absolute Gasteiger partial charge is 0.420 e. The normalized spacial score (nSPS) is 16.0. The highest BCUT2D eigenvalue weighted by molar-refractivity contribution is 7.81. The van der Waals surface area contributed by atoms with Crippen LogP contribution in [-0.4, -0.2) is 27.4 Å². The molecular formula is C23H21F4N5O2S. The fourth-order valence-electron chi connectivity index (χ4n) is 3.75. The Morgan fingerprint density at radius 2 is 1.71 bits per heavy atom. The van der Waals surface area contributed by atoms with E-state index in [0.29, 0.717) is 10.6 Å². The number of alkyl halides is 3. The summed E-state index contributed by atoms with van der Waals surface area (Å²) in [4.78, 5) is 31.8. The monoisotopic (exact) mass is 507 g/mol. The van der Waals surface area contributed by atoms with Crippen LogP contribution in [0.5, 0.6) is 0 Å². The molecule has 35 heavy (non-hydrogen) atoms. The Labute approximate surface area is 204 Å². The number of amides is 2. The summed E-state index contributed by atoms with van der Waals surface area (Å²) < 4.78 is 55.7. The molecule has 0 atom stereocenters. The maximum absolute atomic E-state index is 15.2. The molecule has 7 nitrogen and oxygen atoms in total. The number of anilines is 2. The van der Waals surface area contributed by atoms with Gasteiger partial charge in [0.25, 0.3) is 11.8 Å². The first kappa shape index (κ1) is 26.0. The molecule has 1 saturated heterocycles. The molecule has 12 heteroatoms. The number of aromatic nitrogens is 1. The Balaban J connectivity index is 2.24. The minimum Gasteiger partial charge on any atom is -0.364 e. The van der Waals surface area contributed by atoms with Crippen molar-refractivity contribution in [2.24, 2.45) is 5.73 Å². The summed E-state index contributed by atoms with van der Waals surface area (Å²) in [5.41, 5.74) is 0.377. The van der Waals surface area contributed by atoms with Crippen molar-refractivity contribution < 1.29 is 27.2 Å². The second-order valence-electron chi connectivity index (χ2n) is 9.43. The molecule has 0 saturated carbocycles. The Bertz CT molecular complexity index is 1310. The van der Waals surface area contributed by atoms with Crippen molar-refractivity contribution in [3.8, 4) is 6.07 Å². The second kappa shape index (κ2) is 8.27. The average molecular weight is 508 g/mol. The van der Waals surface area contributed by atoms with Crippen LogP contribution in [0.1, 0.15) is 61.9 Å². The third kappa shape index (κ3) is 4.20. The Hall–Kier alpha value is -3.59. The predicted molar refractivity (Wildman–Crippen MR) is 124 cm³/mol. The van der Waals surface area contributed by atoms with Gasteiger partial charge < -0.3 is 10.6 Å². The van der Waals surface area contributed by atoms with Crippen molar-refractivity contribution in [3.63, 3.8) is 0 Å². The lowest BCUT2D eigenvalue weighted by molar-refractivity contribution is -0.140. The lowest BCUT2D eigenvalue weighted by Crippen LogP contribution is -2.45. The number of carbonyl (C=O) groups is 2. The highest BCUT2D eigenvalue weighted by Gasteiger charge is 2.52. The lowest BCUT2D eigenvalue weighted by Gasteiger charge is -2.31. The number of primary amides is 1. The van der Waals surface area contributed by atoms with E-state index >= 15 is 4.39 Å². The van der Waals surface area contributed by atoms with Gasteiger partial charge in [0.1, 0.15) is 11.1 Å². The maximum Gasteiger partial charge on any atom is 0.420 e. The van der Waals surface area contributed by atoms with Crippen LogP contribution in [0.4, 0.5) is 28.9 Å². The second-order valence-corrected chi connectivity index (χ2v) is 9.79. The number of rotatable bonds is 3. The zero-order valence-electron chi connectivity index (χ0n) is 19.4. The zero-order chi connectivity index (χ0) is 26.7. The molecule has 2 N–H and O–H groups in total. The standard InChI is InChI=1S/C23H21F4N5O2S/c1-21(2,3)14-9-8-13(17(30-14)18(29)33)32-20(35)31(19(34)22(32,4)5)12-7-6-11(10-28)15(16(12)24)23(25,26)27/h6-9H,1-5H3,(H2,29,33). The van der Waals surface area contributed by atoms with E-state index in [1.54, 1.807) is 6.07 Å². The number of nitrogens with zero attached hydrogens (tertiary/aromatic N) is 4. The molecule has 2 aromatic rings. The molecule has 2 amide bonds. The third-order valence-corrected chi connectivity index (χ3v) is 5.92. The molecule has 0 bridgehead atoms. The molecule has 3 rings (SSSR count). The number of thiocarbonyl (C=S) groups is 1. The zero-order valence-corrected chi connectivity index (χ0v) is 20.2. The minimum atomic E-state index is -5.20. The van der Waals surface area contributed by atoms with Crippen molar-refractivity contribution >= 4 is 40.5 Å². The molecule has 2 heterocycles. The number of nitriles is 1. The first-order chi connectivity index (χ1) is 15.9. The fourth-order valence-corrected chi connectivity index (χ4v) is 4.26. The number of halogens is 4. The molecule has 1 aromatic heterocycles. The maximum atomic E-state index is 15.2. The van der Waals surface area contributed by atoms with Gasteiger partial charge in [0.05, 0.1) is 23.0 Å². The predicted octanol–water partition coefficient (Wildman–Crippen LogP) is 4.42. The number of nitrogens with two attached hydrogens (primary N) is 1. The van der Waals surface area contributed by atoms with Crippen LogP contribution in [-0.2, 0) is 16.4 Å². The van der Waals surface area contributed by atoms with E-state index in [-0.39, 0.29) is 16.5 Å². The summed E-state index contributed by atoms with van der Waals surface area (Å²) in [6.07, 6.45) is -5.20. The van der Waals surface area contributed by atoms with Crippen molar-refractivity contribution in [1.29, 1.82) is 5.26 Å². The summed E-state index contributed by atoms with van der Waals surface area (Å²) in [6.45, 7) is 8.41. The first-order valence-electron chi connectivity index (χ1n) is 10.2. The van der Waals surface area contributed by atoms with Crippen molar-refractivity contribution in [1.82, 2.24) is 4.98 Å². The topological polar surface area (TPSA) is 103 Å². The van der Waals surface area contributed by atoms with Gasteiger partial charge in [0, 0.05) is 11.1 Å². The van der Waals surface area contributed by atoms with Gasteiger partial charge in [-0.05, 0) is 50.3 Å². The lowest BCUT2D eigenvalue weighted by atomic mass is 9.91. The molecule has 1 aliphatic rings. The molecule has 0 spiro atoms. The summed E-state index contributed by atoms with van der Waals surface area (Å²) in [6, 6.07) is 6.04. The highest BCUT2D eigenvalue weighted by Crippen LogP contribution is 2.42. The number of hydrogen-bond acceptors (Lipinski definition) is 5. The molecule has 0 radical (unpaired) electrons. The molecule has 1 aliphatic heterocycles. The van der Waals surface area contributed by atoms with Crippen LogP contribution in [0.2, 0.25) is 0 Å². The van der Waals surface area contributed by atoms with Gasteiger partial charge in [-0.2, -0.15) is 18.4 Å². The molecule has 0 aliphatic carbocycles. The third-order valence-electron chi connectivity index (χ3n) is 5.55. The number of benzene rings is 1. The number of carbonyl (C=O) groups excluding carboxylic acids is 2. The van der Waals surface area contributed by atoms with E-state index in [0.717, 1.165) is 12.1 Å². The van der Waals surface area contributed by atoms with Crippen LogP contribution >= 0.6 is 12.2 Å². The van der Waals surface area contributed by atoms with E-state index in [2.05, 4.69) is 4.98 Å².